The molecule has 14 heavy (non-hydrogen) atoms. The lowest BCUT2D eigenvalue weighted by Crippen LogP contribution is -1.80. The average Bonchev–Trinajstić information content (AvgIpc) is 2.50. The Hall–Kier alpha value is -1.00. The van der Waals surface area contributed by atoms with Crippen molar-refractivity contribution in [3.63, 3.8) is 0 Å². The number of oxazole rings is 1. The molecule has 0 unspecified atom stereocenters. The van der Waals surface area contributed by atoms with Gasteiger partial charge in [-0.25, -0.2) is 4.98 Å². The van der Waals surface area contributed by atoms with E-state index >= 15 is 0 Å². The van der Waals surface area contributed by atoms with Crippen LogP contribution in [0.1, 0.15) is 0 Å². The largest absolute Gasteiger partial charge is 0.424 e. The number of benzene rings is 1. The molecule has 72 valence electrons. The van der Waals surface area contributed by atoms with E-state index in [0.717, 1.165) is 10.0 Å². The first-order chi connectivity index (χ1) is 6.65. The summed E-state index contributed by atoms with van der Waals surface area (Å²) in [5, 5.41) is 0.629. The van der Waals surface area contributed by atoms with Crippen LogP contribution in [0.4, 0.5) is 6.01 Å². The summed E-state index contributed by atoms with van der Waals surface area (Å²) >= 11 is 9.22. The second kappa shape index (κ2) is 3.63. The van der Waals surface area contributed by atoms with E-state index in [1.807, 2.05) is 6.07 Å². The molecule has 0 aliphatic heterocycles. The minimum atomic E-state index is 0.149. The lowest BCUT2D eigenvalue weighted by Gasteiger charge is -1.98. The van der Waals surface area contributed by atoms with Crippen LogP contribution in [0.15, 0.2) is 33.3 Å². The first kappa shape index (κ1) is 9.55. The van der Waals surface area contributed by atoms with Crippen molar-refractivity contribution in [2.24, 2.45) is 0 Å². The second-order valence-corrected chi connectivity index (χ2v) is 4.07. The molecule has 0 fully saturated rings. The van der Waals surface area contributed by atoms with E-state index in [1.54, 1.807) is 18.3 Å². The van der Waals surface area contributed by atoms with Crippen LogP contribution < -0.4 is 5.73 Å². The maximum absolute atomic E-state index is 5.88. The average molecular weight is 274 g/mol. The molecule has 1 aromatic carbocycles. The zero-order chi connectivity index (χ0) is 10.1. The summed E-state index contributed by atoms with van der Waals surface area (Å²) in [4.78, 5) is 3.81. The maximum Gasteiger partial charge on any atom is 0.292 e. The first-order valence-electron chi connectivity index (χ1n) is 3.83. The van der Waals surface area contributed by atoms with Gasteiger partial charge in [0.15, 0.2) is 5.76 Å². The highest BCUT2D eigenvalue weighted by atomic mass is 79.9. The number of nitrogens with two attached hydrogens (primary N) is 1. The zero-order valence-corrected chi connectivity index (χ0v) is 9.34. The third kappa shape index (κ3) is 1.91. The summed E-state index contributed by atoms with van der Waals surface area (Å²) in [7, 11) is 0. The Bertz CT molecular complexity index is 449. The maximum atomic E-state index is 5.88. The van der Waals surface area contributed by atoms with Gasteiger partial charge in [0, 0.05) is 15.1 Å². The minimum absolute atomic E-state index is 0.149. The molecule has 0 spiro atoms. The smallest absolute Gasteiger partial charge is 0.292 e. The third-order valence-electron chi connectivity index (χ3n) is 1.67. The first-order valence-corrected chi connectivity index (χ1v) is 5.00. The fraction of sp³-hybridized carbons (Fsp3) is 0. The van der Waals surface area contributed by atoms with Gasteiger partial charge in [0.05, 0.1) is 6.20 Å². The zero-order valence-electron chi connectivity index (χ0n) is 7.00. The molecule has 1 heterocycles. The molecule has 0 saturated heterocycles. The predicted octanol–water partition coefficient (Wildman–Crippen LogP) is 3.34. The Morgan fingerprint density at radius 3 is 2.71 bits per heavy atom. The van der Waals surface area contributed by atoms with Gasteiger partial charge in [-0.15, -0.1) is 0 Å². The summed E-state index contributed by atoms with van der Waals surface area (Å²) in [5.41, 5.74) is 6.21. The van der Waals surface area contributed by atoms with Gasteiger partial charge in [0.2, 0.25) is 0 Å². The van der Waals surface area contributed by atoms with Gasteiger partial charge in [0.1, 0.15) is 0 Å². The Morgan fingerprint density at radius 2 is 2.14 bits per heavy atom. The highest BCUT2D eigenvalue weighted by Gasteiger charge is 2.05. The monoisotopic (exact) mass is 272 g/mol. The Kier molecular flexibility index (Phi) is 2.48. The van der Waals surface area contributed by atoms with Gasteiger partial charge < -0.3 is 10.2 Å². The van der Waals surface area contributed by atoms with Crippen molar-refractivity contribution < 1.29 is 4.42 Å². The van der Waals surface area contributed by atoms with Crippen LogP contribution >= 0.6 is 27.5 Å². The normalized spacial score (nSPS) is 10.4. The predicted molar refractivity (Wildman–Crippen MR) is 59.1 cm³/mol. The quantitative estimate of drug-likeness (QED) is 0.867. The number of hydrogen-bond donors (Lipinski definition) is 1. The highest BCUT2D eigenvalue weighted by molar-refractivity contribution is 9.10. The summed E-state index contributed by atoms with van der Waals surface area (Å²) in [6, 6.07) is 5.61. The molecular formula is C9H6BrClN2O. The van der Waals surface area contributed by atoms with Gasteiger partial charge >= 0.3 is 0 Å². The molecule has 0 amide bonds. The third-order valence-corrected chi connectivity index (χ3v) is 2.35. The van der Waals surface area contributed by atoms with Crippen molar-refractivity contribution in [2.45, 2.75) is 0 Å². The van der Waals surface area contributed by atoms with Crippen LogP contribution in [0, 0.1) is 0 Å². The Balaban J connectivity index is 2.51. The lowest BCUT2D eigenvalue weighted by atomic mass is 10.2. The summed E-state index contributed by atoms with van der Waals surface area (Å²) < 4.78 is 6.05. The molecule has 0 atom stereocenters. The van der Waals surface area contributed by atoms with Crippen LogP contribution in [0.2, 0.25) is 5.02 Å². The van der Waals surface area contributed by atoms with Crippen molar-refractivity contribution in [3.8, 4) is 11.3 Å². The number of rotatable bonds is 1. The van der Waals surface area contributed by atoms with Crippen LogP contribution in [-0.4, -0.2) is 4.98 Å². The van der Waals surface area contributed by atoms with E-state index in [9.17, 15) is 0 Å². The Labute approximate surface area is 94.0 Å². The number of hydrogen-bond acceptors (Lipinski definition) is 3. The second-order valence-electron chi connectivity index (χ2n) is 2.72. The number of anilines is 1. The van der Waals surface area contributed by atoms with Gasteiger partial charge in [-0.3, -0.25) is 0 Å². The molecule has 2 rings (SSSR count). The molecule has 0 bridgehead atoms. The van der Waals surface area contributed by atoms with Crippen LogP contribution in [0.5, 0.6) is 0 Å². The molecule has 2 aromatic rings. The molecule has 0 radical (unpaired) electrons. The van der Waals surface area contributed by atoms with Crippen molar-refractivity contribution in [1.82, 2.24) is 4.98 Å². The number of halogens is 2. The van der Waals surface area contributed by atoms with Gasteiger partial charge in [0.25, 0.3) is 6.01 Å². The van der Waals surface area contributed by atoms with Crippen molar-refractivity contribution in [1.29, 1.82) is 0 Å². The fourth-order valence-corrected chi connectivity index (χ4v) is 1.98. The van der Waals surface area contributed by atoms with E-state index in [0.29, 0.717) is 10.8 Å². The van der Waals surface area contributed by atoms with Gasteiger partial charge in [-0.2, -0.15) is 0 Å². The van der Waals surface area contributed by atoms with E-state index < -0.39 is 0 Å². The molecule has 0 aliphatic carbocycles. The molecule has 1 aromatic heterocycles. The van der Waals surface area contributed by atoms with E-state index in [1.165, 1.54) is 0 Å². The van der Waals surface area contributed by atoms with Crippen molar-refractivity contribution in [2.75, 3.05) is 5.73 Å². The number of aromatic nitrogens is 1. The van der Waals surface area contributed by atoms with Crippen LogP contribution in [-0.2, 0) is 0 Å². The van der Waals surface area contributed by atoms with Crippen LogP contribution in [0.25, 0.3) is 11.3 Å². The highest BCUT2D eigenvalue weighted by Crippen LogP contribution is 2.28. The standard InChI is InChI=1S/C9H6BrClN2O/c10-6-1-5(2-7(11)3-6)8-4-13-9(12)14-8/h1-4H,(H2,12,13). The fourth-order valence-electron chi connectivity index (χ4n) is 1.12. The number of nitrogen functional groups attached to an aromatic ring is 1. The van der Waals surface area contributed by atoms with Crippen molar-refractivity contribution >= 4 is 33.5 Å². The van der Waals surface area contributed by atoms with Gasteiger partial charge in [-0.05, 0) is 18.2 Å². The van der Waals surface area contributed by atoms with E-state index in [2.05, 4.69) is 20.9 Å². The molecule has 0 aliphatic rings. The molecular weight excluding hydrogens is 267 g/mol. The number of nitrogens with zero attached hydrogens (tertiary/aromatic N) is 1. The molecule has 3 nitrogen and oxygen atoms in total. The minimum Gasteiger partial charge on any atom is -0.424 e. The molecule has 2 N–H and O–H groups in total. The van der Waals surface area contributed by atoms with Crippen LogP contribution in [0.3, 0.4) is 0 Å². The van der Waals surface area contributed by atoms with Crippen molar-refractivity contribution in [3.05, 3.63) is 33.9 Å². The molecule has 5 heteroatoms. The SMILES string of the molecule is Nc1ncc(-c2cc(Cl)cc(Br)c2)o1. The summed E-state index contributed by atoms with van der Waals surface area (Å²) in [6.07, 6.45) is 1.56. The topological polar surface area (TPSA) is 52.0 Å². The van der Waals surface area contributed by atoms with E-state index in [-0.39, 0.29) is 6.01 Å². The van der Waals surface area contributed by atoms with Gasteiger partial charge in [-0.1, -0.05) is 27.5 Å². The lowest BCUT2D eigenvalue weighted by molar-refractivity contribution is 0.595. The molecule has 0 saturated carbocycles. The Morgan fingerprint density at radius 1 is 1.36 bits per heavy atom. The van der Waals surface area contributed by atoms with E-state index in [4.69, 9.17) is 21.8 Å². The summed E-state index contributed by atoms with van der Waals surface area (Å²) in [6.45, 7) is 0. The summed E-state index contributed by atoms with van der Waals surface area (Å²) in [5.74, 6) is 0.603.